The van der Waals surface area contributed by atoms with Crippen molar-refractivity contribution in [3.05, 3.63) is 101 Å². The van der Waals surface area contributed by atoms with Crippen LogP contribution < -0.4 is 5.32 Å². The summed E-state index contributed by atoms with van der Waals surface area (Å²) in [5.74, 6) is 0.0371. The summed E-state index contributed by atoms with van der Waals surface area (Å²) in [4.78, 5) is 24.4. The number of aliphatic hydroxyl groups is 1. The molecule has 1 heterocycles. The minimum atomic E-state index is -0.845. The summed E-state index contributed by atoms with van der Waals surface area (Å²) < 4.78 is 18.0. The lowest BCUT2D eigenvalue weighted by Crippen LogP contribution is -2.38. The van der Waals surface area contributed by atoms with Crippen molar-refractivity contribution in [3.63, 3.8) is 0 Å². The van der Waals surface area contributed by atoms with Crippen molar-refractivity contribution in [3.8, 4) is 0 Å². The molecule has 0 bridgehead atoms. The number of carbonyl (C=O) groups excluding carboxylic acids is 2. The third kappa shape index (κ3) is 7.92. The molecule has 1 saturated heterocycles. The van der Waals surface area contributed by atoms with Gasteiger partial charge in [0.25, 0.3) is 5.91 Å². The molecule has 8 heteroatoms. The Morgan fingerprint density at radius 3 is 2.23 bits per heavy atom. The number of rotatable bonds is 10. The first-order valence-electron chi connectivity index (χ1n) is 13.1. The monoisotopic (exact) mass is 549 g/mol. The second-order valence-corrected chi connectivity index (χ2v) is 10.8. The van der Waals surface area contributed by atoms with Crippen molar-refractivity contribution in [2.75, 3.05) is 5.75 Å². The molecule has 0 spiro atoms. The fourth-order valence-electron chi connectivity index (χ4n) is 4.43. The molecule has 39 heavy (non-hydrogen) atoms. The van der Waals surface area contributed by atoms with Crippen molar-refractivity contribution in [2.24, 2.45) is 5.92 Å². The molecule has 5 unspecified atom stereocenters. The van der Waals surface area contributed by atoms with E-state index in [1.54, 1.807) is 18.7 Å². The maximum Gasteiger partial charge on any atom is 0.303 e. The van der Waals surface area contributed by atoms with Crippen LogP contribution in [0.25, 0.3) is 0 Å². The minimum absolute atomic E-state index is 0.00109. The molecular formula is C31H35NO6S. The summed E-state index contributed by atoms with van der Waals surface area (Å²) in [6, 6.07) is 25.9. The van der Waals surface area contributed by atoms with Crippen molar-refractivity contribution >= 4 is 23.6 Å². The normalized spacial score (nSPS) is 21.6. The summed E-state index contributed by atoms with van der Waals surface area (Å²) >= 11 is 1.76. The van der Waals surface area contributed by atoms with Crippen LogP contribution >= 0.6 is 11.8 Å². The second kappa shape index (κ2) is 13.8. The first-order chi connectivity index (χ1) is 18.8. The molecule has 5 atom stereocenters. The summed E-state index contributed by atoms with van der Waals surface area (Å²) in [5, 5.41) is 12.2. The SMILES string of the molecule is CC(=O)OC(C)C(=O)NCc1ccc(C2OC(CSc3ccccc3)C(C)C(c3ccc(CO)cc3)O2)cc1. The van der Waals surface area contributed by atoms with Gasteiger partial charge in [-0.2, -0.15) is 0 Å². The van der Waals surface area contributed by atoms with Gasteiger partial charge in [0.05, 0.1) is 18.8 Å². The van der Waals surface area contributed by atoms with Crippen LogP contribution in [0.3, 0.4) is 0 Å². The highest BCUT2D eigenvalue weighted by molar-refractivity contribution is 7.99. The number of esters is 1. The fourth-order valence-corrected chi connectivity index (χ4v) is 5.52. The molecule has 4 rings (SSSR count). The summed E-state index contributed by atoms with van der Waals surface area (Å²) in [7, 11) is 0. The summed E-state index contributed by atoms with van der Waals surface area (Å²) in [6.07, 6.45) is -1.64. The molecule has 1 fully saturated rings. The Morgan fingerprint density at radius 2 is 1.59 bits per heavy atom. The van der Waals surface area contributed by atoms with Crippen molar-refractivity contribution in [2.45, 2.75) is 63.4 Å². The van der Waals surface area contributed by atoms with Crippen LogP contribution in [0.4, 0.5) is 0 Å². The van der Waals surface area contributed by atoms with E-state index in [-0.39, 0.29) is 30.6 Å². The highest BCUT2D eigenvalue weighted by Crippen LogP contribution is 2.43. The number of nitrogens with one attached hydrogen (secondary N) is 1. The number of carbonyl (C=O) groups is 2. The van der Waals surface area contributed by atoms with Gasteiger partial charge in [0.15, 0.2) is 12.4 Å². The first kappa shape index (κ1) is 28.8. The van der Waals surface area contributed by atoms with Gasteiger partial charge in [-0.05, 0) is 35.7 Å². The molecule has 3 aromatic carbocycles. The molecule has 0 aromatic heterocycles. The largest absolute Gasteiger partial charge is 0.453 e. The Bertz CT molecular complexity index is 1220. The molecule has 1 aliphatic rings. The number of thioether (sulfide) groups is 1. The molecule has 0 aliphatic carbocycles. The molecular weight excluding hydrogens is 514 g/mol. The number of amides is 1. The van der Waals surface area contributed by atoms with Crippen LogP contribution in [-0.2, 0) is 37.0 Å². The van der Waals surface area contributed by atoms with E-state index < -0.39 is 18.4 Å². The van der Waals surface area contributed by atoms with Crippen molar-refractivity contribution < 1.29 is 28.9 Å². The van der Waals surface area contributed by atoms with Gasteiger partial charge in [-0.15, -0.1) is 11.8 Å². The molecule has 0 radical (unpaired) electrons. The number of hydrogen-bond acceptors (Lipinski definition) is 7. The van der Waals surface area contributed by atoms with E-state index in [0.29, 0.717) is 6.54 Å². The molecule has 1 aliphatic heterocycles. The van der Waals surface area contributed by atoms with Gasteiger partial charge >= 0.3 is 5.97 Å². The van der Waals surface area contributed by atoms with Gasteiger partial charge in [-0.1, -0.05) is 73.7 Å². The Hall–Kier alpha value is -3.17. The number of hydrogen-bond donors (Lipinski definition) is 2. The maximum atomic E-state index is 12.2. The second-order valence-electron chi connectivity index (χ2n) is 9.66. The number of aliphatic hydroxyl groups excluding tert-OH is 1. The standard InChI is InChI=1S/C31H35NO6S/c1-20-28(19-39-27-7-5-4-6-8-27)37-31(38-29(20)25-13-11-24(18-33)12-14-25)26-15-9-23(10-16-26)17-32-30(35)21(2)36-22(3)34/h4-16,20-21,28-29,31,33H,17-19H2,1-3H3,(H,32,35). The third-order valence-electron chi connectivity index (χ3n) is 6.71. The highest BCUT2D eigenvalue weighted by Gasteiger charge is 2.38. The van der Waals surface area contributed by atoms with Crippen molar-refractivity contribution in [1.82, 2.24) is 5.32 Å². The molecule has 3 aromatic rings. The van der Waals surface area contributed by atoms with Gasteiger partial charge in [0.2, 0.25) is 0 Å². The average Bonchev–Trinajstić information content (AvgIpc) is 2.96. The van der Waals surface area contributed by atoms with Gasteiger partial charge in [0.1, 0.15) is 0 Å². The molecule has 2 N–H and O–H groups in total. The fraction of sp³-hybridized carbons (Fsp3) is 0.355. The van der Waals surface area contributed by atoms with Gasteiger partial charge < -0.3 is 24.6 Å². The summed E-state index contributed by atoms with van der Waals surface area (Å²) in [6.45, 7) is 5.28. The number of ether oxygens (including phenoxy) is 3. The zero-order valence-corrected chi connectivity index (χ0v) is 23.2. The third-order valence-corrected chi connectivity index (χ3v) is 7.81. The predicted molar refractivity (Wildman–Crippen MR) is 150 cm³/mol. The van der Waals surface area contributed by atoms with Crippen LogP contribution in [0.2, 0.25) is 0 Å². The smallest absolute Gasteiger partial charge is 0.303 e. The van der Waals surface area contributed by atoms with E-state index in [2.05, 4.69) is 24.4 Å². The van der Waals surface area contributed by atoms with E-state index >= 15 is 0 Å². The topological polar surface area (TPSA) is 94.1 Å². The van der Waals surface area contributed by atoms with Gasteiger partial charge in [-0.25, -0.2) is 0 Å². The molecule has 1 amide bonds. The number of benzene rings is 3. The van der Waals surface area contributed by atoms with Crippen LogP contribution in [0.15, 0.2) is 83.8 Å². The highest BCUT2D eigenvalue weighted by atomic mass is 32.2. The van der Waals surface area contributed by atoms with Crippen LogP contribution in [0.5, 0.6) is 0 Å². The van der Waals surface area contributed by atoms with E-state index in [0.717, 1.165) is 28.0 Å². The summed E-state index contributed by atoms with van der Waals surface area (Å²) in [5.41, 5.74) is 3.69. The average molecular weight is 550 g/mol. The van der Waals surface area contributed by atoms with Gasteiger partial charge in [-0.3, -0.25) is 9.59 Å². The van der Waals surface area contributed by atoms with E-state index in [1.807, 2.05) is 66.7 Å². The lowest BCUT2D eigenvalue weighted by molar-refractivity contribution is -0.268. The zero-order chi connectivity index (χ0) is 27.8. The predicted octanol–water partition coefficient (Wildman–Crippen LogP) is 5.33. The van der Waals surface area contributed by atoms with E-state index in [1.165, 1.54) is 11.8 Å². The Kier molecular flexibility index (Phi) is 10.2. The Labute approximate surface area is 233 Å². The minimum Gasteiger partial charge on any atom is -0.453 e. The van der Waals surface area contributed by atoms with Crippen LogP contribution in [0, 0.1) is 5.92 Å². The molecule has 7 nitrogen and oxygen atoms in total. The first-order valence-corrected chi connectivity index (χ1v) is 14.0. The van der Waals surface area contributed by atoms with Crippen LogP contribution in [-0.4, -0.2) is 34.9 Å². The lowest BCUT2D eigenvalue weighted by Gasteiger charge is -2.41. The van der Waals surface area contributed by atoms with Crippen LogP contribution in [0.1, 0.15) is 55.4 Å². The molecule has 0 saturated carbocycles. The van der Waals surface area contributed by atoms with E-state index in [9.17, 15) is 14.7 Å². The Balaban J connectivity index is 1.47. The van der Waals surface area contributed by atoms with Crippen molar-refractivity contribution in [1.29, 1.82) is 0 Å². The molecule has 206 valence electrons. The zero-order valence-electron chi connectivity index (χ0n) is 22.4. The maximum absolute atomic E-state index is 12.2. The quantitative estimate of drug-likeness (QED) is 0.261. The van der Waals surface area contributed by atoms with Gasteiger partial charge in [0, 0.05) is 35.6 Å². The lowest BCUT2D eigenvalue weighted by atomic mass is 9.91. The van der Waals surface area contributed by atoms with E-state index in [4.69, 9.17) is 14.2 Å². The Morgan fingerprint density at radius 1 is 0.949 bits per heavy atom.